The third-order valence-corrected chi connectivity index (χ3v) is 5.30. The zero-order chi connectivity index (χ0) is 21.8. The molecule has 1 heterocycles. The Morgan fingerprint density at radius 1 is 1.10 bits per heavy atom. The number of Topliss-reactive ketones (excluding diaryl/α,β-unsaturated/α-hetero) is 1. The number of allylic oxidation sites excluding steroid dienone is 4. The van der Waals surface area contributed by atoms with Crippen LogP contribution in [0.15, 0.2) is 53.6 Å². The van der Waals surface area contributed by atoms with Gasteiger partial charge in [-0.1, -0.05) is 29.4 Å². The molecule has 0 bridgehead atoms. The van der Waals surface area contributed by atoms with Gasteiger partial charge in [-0.15, -0.1) is 0 Å². The first-order chi connectivity index (χ1) is 14.3. The van der Waals surface area contributed by atoms with Crippen LogP contribution < -0.4 is 4.74 Å². The summed E-state index contributed by atoms with van der Waals surface area (Å²) in [6, 6.07) is 7.53. The summed E-state index contributed by atoms with van der Waals surface area (Å²) in [5, 5.41) is 30.3. The molecule has 0 amide bonds. The molecule has 0 saturated heterocycles. The molecule has 158 valence electrons. The molecule has 5 heteroatoms. The first kappa shape index (κ1) is 21.5. The van der Waals surface area contributed by atoms with Gasteiger partial charge in [0.15, 0.2) is 17.3 Å². The van der Waals surface area contributed by atoms with Gasteiger partial charge < -0.3 is 20.1 Å². The van der Waals surface area contributed by atoms with Crippen molar-refractivity contribution < 1.29 is 24.9 Å². The van der Waals surface area contributed by atoms with Gasteiger partial charge in [0.25, 0.3) is 0 Å². The molecule has 0 saturated carbocycles. The van der Waals surface area contributed by atoms with E-state index in [1.807, 2.05) is 13.0 Å². The molecule has 0 fully saturated rings. The van der Waals surface area contributed by atoms with Crippen LogP contribution >= 0.6 is 0 Å². The summed E-state index contributed by atoms with van der Waals surface area (Å²) in [6.45, 7) is 6.18. The van der Waals surface area contributed by atoms with Crippen LogP contribution in [0.4, 0.5) is 0 Å². The van der Waals surface area contributed by atoms with Gasteiger partial charge in [-0.05, 0) is 58.2 Å². The summed E-state index contributed by atoms with van der Waals surface area (Å²) < 4.78 is 6.00. The zero-order valence-electron chi connectivity index (χ0n) is 17.6. The molecule has 1 aliphatic heterocycles. The first-order valence-corrected chi connectivity index (χ1v) is 10.1. The largest absolute Gasteiger partial charge is 0.508 e. The highest BCUT2D eigenvalue weighted by Crippen LogP contribution is 2.41. The van der Waals surface area contributed by atoms with Crippen molar-refractivity contribution in [2.45, 2.75) is 52.6 Å². The zero-order valence-corrected chi connectivity index (χ0v) is 17.6. The van der Waals surface area contributed by atoms with Gasteiger partial charge >= 0.3 is 0 Å². The lowest BCUT2D eigenvalue weighted by molar-refractivity contribution is 0.0848. The lowest BCUT2D eigenvalue weighted by atomic mass is 9.91. The standard InChI is InChI=1S/C25H28O5/c1-15(2)5-4-6-16(3)7-9-19-18(11-12-21(27)25(19)29)24-14-22(28)20-10-8-17(26)13-23(20)30-24/h5,7-8,10-13,24,26-27,29H,4,6,9,14H2,1-3H3/t24-/m0/s1. The molecule has 1 atom stereocenters. The van der Waals surface area contributed by atoms with Crippen molar-refractivity contribution in [3.63, 3.8) is 0 Å². The number of phenols is 3. The first-order valence-electron chi connectivity index (χ1n) is 10.1. The number of hydrogen-bond acceptors (Lipinski definition) is 5. The number of aromatic hydroxyl groups is 3. The Kier molecular flexibility index (Phi) is 6.50. The number of fused-ring (bicyclic) bond motifs is 1. The van der Waals surface area contributed by atoms with E-state index in [2.05, 4.69) is 19.9 Å². The van der Waals surface area contributed by atoms with E-state index in [-0.39, 0.29) is 29.5 Å². The van der Waals surface area contributed by atoms with Gasteiger partial charge in [0, 0.05) is 17.2 Å². The van der Waals surface area contributed by atoms with Crippen molar-refractivity contribution in [3.8, 4) is 23.0 Å². The summed E-state index contributed by atoms with van der Waals surface area (Å²) in [5.74, 6) is -0.148. The smallest absolute Gasteiger partial charge is 0.170 e. The SMILES string of the molecule is CC(C)=CCCC(C)=CCc1c([C@@H]2CC(=O)c3ccc(O)cc3O2)ccc(O)c1O. The number of phenolic OH excluding ortho intramolecular Hbond substituents is 3. The van der Waals surface area contributed by atoms with E-state index in [1.165, 1.54) is 29.3 Å². The fourth-order valence-electron chi connectivity index (χ4n) is 3.61. The minimum absolute atomic E-state index is 0.0194. The summed E-state index contributed by atoms with van der Waals surface area (Å²) in [4.78, 5) is 12.6. The average Bonchev–Trinajstić information content (AvgIpc) is 2.68. The molecular weight excluding hydrogens is 380 g/mol. The fraction of sp³-hybridized carbons (Fsp3) is 0.320. The number of benzene rings is 2. The predicted molar refractivity (Wildman–Crippen MR) is 116 cm³/mol. The molecule has 3 N–H and O–H groups in total. The van der Waals surface area contributed by atoms with E-state index in [0.717, 1.165) is 12.8 Å². The minimum atomic E-state index is -0.604. The fourth-order valence-corrected chi connectivity index (χ4v) is 3.61. The van der Waals surface area contributed by atoms with Gasteiger partial charge in [0.1, 0.15) is 17.6 Å². The second-order valence-electron chi connectivity index (χ2n) is 7.99. The summed E-state index contributed by atoms with van der Waals surface area (Å²) >= 11 is 0. The van der Waals surface area contributed by atoms with Crippen LogP contribution in [0.1, 0.15) is 67.6 Å². The van der Waals surface area contributed by atoms with Gasteiger partial charge in [0.2, 0.25) is 0 Å². The summed E-state index contributed by atoms with van der Waals surface area (Å²) in [7, 11) is 0. The maximum absolute atomic E-state index is 12.6. The summed E-state index contributed by atoms with van der Waals surface area (Å²) in [5.41, 5.74) is 4.08. The van der Waals surface area contributed by atoms with Crippen molar-refractivity contribution in [2.75, 3.05) is 0 Å². The number of ketones is 1. The molecule has 30 heavy (non-hydrogen) atoms. The van der Waals surface area contributed by atoms with Crippen molar-refractivity contribution in [1.82, 2.24) is 0 Å². The Morgan fingerprint density at radius 3 is 2.60 bits per heavy atom. The Labute approximate surface area is 177 Å². The van der Waals surface area contributed by atoms with Crippen molar-refractivity contribution >= 4 is 5.78 Å². The van der Waals surface area contributed by atoms with Gasteiger partial charge in [-0.3, -0.25) is 4.79 Å². The maximum atomic E-state index is 12.6. The van der Waals surface area contributed by atoms with Crippen LogP contribution in [-0.4, -0.2) is 21.1 Å². The summed E-state index contributed by atoms with van der Waals surface area (Å²) in [6.07, 6.45) is 6.00. The lowest BCUT2D eigenvalue weighted by Crippen LogP contribution is -2.21. The Morgan fingerprint density at radius 2 is 1.87 bits per heavy atom. The van der Waals surface area contributed by atoms with Crippen LogP contribution in [0.25, 0.3) is 0 Å². The van der Waals surface area contributed by atoms with Crippen LogP contribution in [0.2, 0.25) is 0 Å². The van der Waals surface area contributed by atoms with Gasteiger partial charge in [0.05, 0.1) is 12.0 Å². The number of carbonyl (C=O) groups is 1. The maximum Gasteiger partial charge on any atom is 0.170 e. The van der Waals surface area contributed by atoms with E-state index < -0.39 is 6.10 Å². The molecule has 1 aliphatic rings. The molecule has 0 aromatic heterocycles. The Balaban J connectivity index is 1.88. The van der Waals surface area contributed by atoms with E-state index in [4.69, 9.17) is 4.74 Å². The second kappa shape index (κ2) is 9.08. The molecule has 0 spiro atoms. The number of rotatable bonds is 6. The van der Waals surface area contributed by atoms with E-state index >= 15 is 0 Å². The van der Waals surface area contributed by atoms with Crippen LogP contribution in [0.5, 0.6) is 23.0 Å². The topological polar surface area (TPSA) is 87.0 Å². The Hall–Kier alpha value is -3.21. The van der Waals surface area contributed by atoms with Gasteiger partial charge in [-0.2, -0.15) is 0 Å². The van der Waals surface area contributed by atoms with E-state index in [0.29, 0.717) is 28.9 Å². The third kappa shape index (κ3) is 4.85. The van der Waals surface area contributed by atoms with Crippen molar-refractivity contribution in [1.29, 1.82) is 0 Å². The molecule has 5 nitrogen and oxygen atoms in total. The minimum Gasteiger partial charge on any atom is -0.508 e. The number of ether oxygens (including phenoxy) is 1. The normalized spacial score (nSPS) is 16.0. The Bertz CT molecular complexity index is 1010. The second-order valence-corrected chi connectivity index (χ2v) is 7.99. The monoisotopic (exact) mass is 408 g/mol. The number of carbonyl (C=O) groups excluding carboxylic acids is 1. The molecule has 0 aliphatic carbocycles. The molecule has 2 aromatic rings. The molecule has 0 unspecified atom stereocenters. The third-order valence-electron chi connectivity index (χ3n) is 5.30. The quantitative estimate of drug-likeness (QED) is 0.419. The lowest BCUT2D eigenvalue weighted by Gasteiger charge is -2.27. The highest BCUT2D eigenvalue weighted by molar-refractivity contribution is 6.00. The molecule has 3 rings (SSSR count). The van der Waals surface area contributed by atoms with Crippen LogP contribution in [0, 0.1) is 0 Å². The molecule has 2 aromatic carbocycles. The van der Waals surface area contributed by atoms with E-state index in [9.17, 15) is 20.1 Å². The van der Waals surface area contributed by atoms with Crippen LogP contribution in [0.3, 0.4) is 0 Å². The molecule has 0 radical (unpaired) electrons. The van der Waals surface area contributed by atoms with Crippen LogP contribution in [-0.2, 0) is 6.42 Å². The number of hydrogen-bond donors (Lipinski definition) is 3. The highest BCUT2D eigenvalue weighted by Gasteiger charge is 2.30. The van der Waals surface area contributed by atoms with Gasteiger partial charge in [-0.25, -0.2) is 0 Å². The molecular formula is C25H28O5. The van der Waals surface area contributed by atoms with Crippen molar-refractivity contribution in [2.24, 2.45) is 0 Å². The highest BCUT2D eigenvalue weighted by atomic mass is 16.5. The van der Waals surface area contributed by atoms with E-state index in [1.54, 1.807) is 12.1 Å². The van der Waals surface area contributed by atoms with Crippen molar-refractivity contribution in [3.05, 3.63) is 70.3 Å². The predicted octanol–water partition coefficient (Wildman–Crippen LogP) is 5.75. The average molecular weight is 408 g/mol.